The van der Waals surface area contributed by atoms with Gasteiger partial charge in [-0.05, 0) is 92.9 Å². The minimum Gasteiger partial charge on any atom is -0.363 e. The smallest absolute Gasteiger partial charge is 0.128 e. The molecule has 0 aliphatic carbocycles. The third-order valence-electron chi connectivity index (χ3n) is 6.57. The molecule has 0 radical (unpaired) electrons. The van der Waals surface area contributed by atoms with Crippen LogP contribution in [0.1, 0.15) is 64.0 Å². The van der Waals surface area contributed by atoms with E-state index < -0.39 is 0 Å². The van der Waals surface area contributed by atoms with Crippen LogP contribution in [0.2, 0.25) is 5.02 Å². The molecule has 0 saturated carbocycles. The predicted octanol–water partition coefficient (Wildman–Crippen LogP) is 6.68. The van der Waals surface area contributed by atoms with Gasteiger partial charge in [0.15, 0.2) is 0 Å². The first kappa shape index (κ1) is 23.8. The second-order valence-electron chi connectivity index (χ2n) is 10.1. The van der Waals surface area contributed by atoms with Crippen LogP contribution in [0.4, 0.5) is 5.82 Å². The average Bonchev–Trinajstić information content (AvgIpc) is 2.73. The third-order valence-corrected chi connectivity index (χ3v) is 6.82. The fourth-order valence-electron chi connectivity index (χ4n) is 4.72. The van der Waals surface area contributed by atoms with Gasteiger partial charge < -0.3 is 4.90 Å². The van der Waals surface area contributed by atoms with Crippen LogP contribution in [-0.4, -0.2) is 43.1 Å². The SMILES string of the molecule is CC(C)=CC(CC(C)(C)c1ccc(Cl)cc1)N1CCC(c2ccnc(N(C)C)c2)CC1. The molecule has 1 aromatic heterocycles. The van der Waals surface area contributed by atoms with E-state index in [0.717, 1.165) is 30.4 Å². The van der Waals surface area contributed by atoms with Crippen LogP contribution in [0.3, 0.4) is 0 Å². The van der Waals surface area contributed by atoms with Gasteiger partial charge in [-0.15, -0.1) is 0 Å². The summed E-state index contributed by atoms with van der Waals surface area (Å²) in [6.07, 6.45) is 7.92. The Labute approximate surface area is 194 Å². The number of likely N-dealkylation sites (tertiary alicyclic amines) is 1. The molecule has 4 heteroatoms. The van der Waals surface area contributed by atoms with E-state index in [1.165, 1.54) is 29.5 Å². The molecule has 0 N–H and O–H groups in total. The minimum absolute atomic E-state index is 0.0871. The molecule has 1 saturated heterocycles. The van der Waals surface area contributed by atoms with E-state index in [9.17, 15) is 0 Å². The van der Waals surface area contributed by atoms with Crippen molar-refractivity contribution in [2.24, 2.45) is 0 Å². The van der Waals surface area contributed by atoms with Crippen LogP contribution in [-0.2, 0) is 5.41 Å². The highest BCUT2D eigenvalue weighted by Gasteiger charge is 2.30. The Kier molecular flexibility index (Phi) is 7.82. The topological polar surface area (TPSA) is 19.4 Å². The van der Waals surface area contributed by atoms with Gasteiger partial charge in [0.2, 0.25) is 0 Å². The van der Waals surface area contributed by atoms with E-state index in [0.29, 0.717) is 12.0 Å². The molecular formula is C27H38ClN3. The van der Waals surface area contributed by atoms with Crippen molar-refractivity contribution in [1.82, 2.24) is 9.88 Å². The number of piperidine rings is 1. The summed E-state index contributed by atoms with van der Waals surface area (Å²) in [5.41, 5.74) is 4.26. The van der Waals surface area contributed by atoms with Crippen LogP contribution >= 0.6 is 11.6 Å². The monoisotopic (exact) mass is 439 g/mol. The Bertz CT molecular complexity index is 874. The predicted molar refractivity (Wildman–Crippen MR) is 134 cm³/mol. The fourth-order valence-corrected chi connectivity index (χ4v) is 4.84. The maximum atomic E-state index is 6.12. The largest absolute Gasteiger partial charge is 0.363 e. The first-order valence-corrected chi connectivity index (χ1v) is 11.8. The molecule has 0 bridgehead atoms. The van der Waals surface area contributed by atoms with Gasteiger partial charge in [0, 0.05) is 31.4 Å². The molecular weight excluding hydrogens is 402 g/mol. The molecule has 1 aliphatic heterocycles. The first-order valence-electron chi connectivity index (χ1n) is 11.4. The number of rotatable bonds is 7. The van der Waals surface area contributed by atoms with Gasteiger partial charge in [-0.3, -0.25) is 4.90 Å². The Hall–Kier alpha value is -1.84. The van der Waals surface area contributed by atoms with Crippen LogP contribution in [0.15, 0.2) is 54.2 Å². The second-order valence-corrected chi connectivity index (χ2v) is 10.5. The van der Waals surface area contributed by atoms with Crippen LogP contribution < -0.4 is 4.90 Å². The average molecular weight is 440 g/mol. The normalized spacial score (nSPS) is 16.7. The molecule has 0 spiro atoms. The molecule has 1 aliphatic rings. The van der Waals surface area contributed by atoms with Crippen molar-refractivity contribution in [3.63, 3.8) is 0 Å². The van der Waals surface area contributed by atoms with Gasteiger partial charge in [0.25, 0.3) is 0 Å². The zero-order chi connectivity index (χ0) is 22.6. The molecule has 31 heavy (non-hydrogen) atoms. The van der Waals surface area contributed by atoms with Crippen molar-refractivity contribution < 1.29 is 0 Å². The highest BCUT2D eigenvalue weighted by atomic mass is 35.5. The van der Waals surface area contributed by atoms with Gasteiger partial charge in [0.05, 0.1) is 0 Å². The summed E-state index contributed by atoms with van der Waals surface area (Å²) in [5.74, 6) is 1.67. The summed E-state index contributed by atoms with van der Waals surface area (Å²) in [6.45, 7) is 11.4. The summed E-state index contributed by atoms with van der Waals surface area (Å²) in [4.78, 5) is 9.26. The lowest BCUT2D eigenvalue weighted by atomic mass is 9.78. The van der Waals surface area contributed by atoms with Gasteiger partial charge in [-0.25, -0.2) is 4.98 Å². The maximum absolute atomic E-state index is 6.12. The van der Waals surface area contributed by atoms with E-state index in [2.05, 4.69) is 86.9 Å². The molecule has 1 atom stereocenters. The third kappa shape index (κ3) is 6.33. The van der Waals surface area contributed by atoms with Gasteiger partial charge >= 0.3 is 0 Å². The van der Waals surface area contributed by atoms with Crippen molar-refractivity contribution in [2.75, 3.05) is 32.1 Å². The van der Waals surface area contributed by atoms with Gasteiger partial charge in [-0.1, -0.05) is 49.2 Å². The van der Waals surface area contributed by atoms with Crippen molar-refractivity contribution in [2.45, 2.75) is 64.3 Å². The zero-order valence-electron chi connectivity index (χ0n) is 20.0. The molecule has 2 heterocycles. The first-order chi connectivity index (χ1) is 14.7. The number of pyridine rings is 1. The number of hydrogen-bond donors (Lipinski definition) is 0. The lowest BCUT2D eigenvalue weighted by Gasteiger charge is -2.40. The molecule has 168 valence electrons. The number of aromatic nitrogens is 1. The summed E-state index contributed by atoms with van der Waals surface area (Å²) in [6, 6.07) is 13.3. The van der Waals surface area contributed by atoms with Crippen LogP contribution in [0.25, 0.3) is 0 Å². The molecule has 3 rings (SSSR count). The Balaban J connectivity index is 1.71. The second kappa shape index (κ2) is 10.2. The van der Waals surface area contributed by atoms with Crippen LogP contribution in [0.5, 0.6) is 0 Å². The van der Waals surface area contributed by atoms with Crippen molar-refractivity contribution >= 4 is 17.4 Å². The molecule has 1 aromatic carbocycles. The molecule has 1 unspecified atom stereocenters. The number of hydrogen-bond acceptors (Lipinski definition) is 3. The maximum Gasteiger partial charge on any atom is 0.128 e. The fraction of sp³-hybridized carbons (Fsp3) is 0.519. The van der Waals surface area contributed by atoms with E-state index in [-0.39, 0.29) is 5.41 Å². The zero-order valence-corrected chi connectivity index (χ0v) is 20.8. The van der Waals surface area contributed by atoms with Gasteiger partial charge in [0.1, 0.15) is 5.82 Å². The lowest BCUT2D eigenvalue weighted by molar-refractivity contribution is 0.155. The molecule has 2 aromatic rings. The minimum atomic E-state index is 0.0871. The lowest BCUT2D eigenvalue weighted by Crippen LogP contribution is -2.43. The summed E-state index contributed by atoms with van der Waals surface area (Å²) < 4.78 is 0. The standard InChI is InChI=1S/C27H38ClN3/c1-20(2)17-25(19-27(3,4)23-7-9-24(28)10-8-23)31-15-12-21(13-16-31)22-11-14-29-26(18-22)30(5)6/h7-11,14,17-18,21,25H,12-13,15-16,19H2,1-6H3. The van der Waals surface area contributed by atoms with E-state index in [4.69, 9.17) is 11.6 Å². The van der Waals surface area contributed by atoms with Crippen molar-refractivity contribution in [3.8, 4) is 0 Å². The summed E-state index contributed by atoms with van der Waals surface area (Å²) in [7, 11) is 4.11. The Morgan fingerprint density at radius 3 is 2.39 bits per heavy atom. The Morgan fingerprint density at radius 2 is 1.81 bits per heavy atom. The molecule has 0 amide bonds. The van der Waals surface area contributed by atoms with E-state index in [1.54, 1.807) is 0 Å². The number of allylic oxidation sites excluding steroid dienone is 1. The number of nitrogens with zero attached hydrogens (tertiary/aromatic N) is 3. The van der Waals surface area contributed by atoms with E-state index in [1.807, 2.05) is 18.3 Å². The Morgan fingerprint density at radius 1 is 1.16 bits per heavy atom. The number of halogens is 1. The van der Waals surface area contributed by atoms with Crippen molar-refractivity contribution in [3.05, 3.63) is 70.4 Å². The molecule has 3 nitrogen and oxygen atoms in total. The summed E-state index contributed by atoms with van der Waals surface area (Å²) in [5, 5.41) is 0.802. The highest BCUT2D eigenvalue weighted by molar-refractivity contribution is 6.30. The van der Waals surface area contributed by atoms with Crippen molar-refractivity contribution in [1.29, 1.82) is 0 Å². The number of anilines is 1. The summed E-state index contributed by atoms with van der Waals surface area (Å²) >= 11 is 6.12. The highest BCUT2D eigenvalue weighted by Crippen LogP contribution is 2.35. The quantitative estimate of drug-likeness (QED) is 0.448. The van der Waals surface area contributed by atoms with Gasteiger partial charge in [-0.2, -0.15) is 0 Å². The number of benzene rings is 1. The molecule has 1 fully saturated rings. The van der Waals surface area contributed by atoms with E-state index >= 15 is 0 Å². The van der Waals surface area contributed by atoms with Crippen LogP contribution in [0, 0.1) is 0 Å².